The lowest BCUT2D eigenvalue weighted by atomic mass is 9.96. The van der Waals surface area contributed by atoms with Crippen molar-refractivity contribution in [1.29, 1.82) is 0 Å². The molecule has 0 heterocycles. The van der Waals surface area contributed by atoms with Gasteiger partial charge in [-0.1, -0.05) is 37.3 Å². The van der Waals surface area contributed by atoms with E-state index in [0.717, 1.165) is 41.7 Å². The molecule has 0 unspecified atom stereocenters. The summed E-state index contributed by atoms with van der Waals surface area (Å²) in [6.45, 7) is 11.4. The van der Waals surface area contributed by atoms with Crippen LogP contribution in [0, 0.1) is 0 Å². The van der Waals surface area contributed by atoms with Crippen LogP contribution >= 0.6 is 0 Å². The highest BCUT2D eigenvalue weighted by Crippen LogP contribution is 2.28. The fourth-order valence-corrected chi connectivity index (χ4v) is 4.97. The first-order chi connectivity index (χ1) is 27.5. The number of nitrogens with two attached hydrogens (primary N) is 3. The van der Waals surface area contributed by atoms with E-state index in [4.69, 9.17) is 65.0 Å². The van der Waals surface area contributed by atoms with Crippen molar-refractivity contribution in [3.05, 3.63) is 53.6 Å². The van der Waals surface area contributed by atoms with Gasteiger partial charge in [0.05, 0.1) is 112 Å². The van der Waals surface area contributed by atoms with E-state index < -0.39 is 12.0 Å². The average Bonchev–Trinajstić information content (AvgIpc) is 3.21. The summed E-state index contributed by atoms with van der Waals surface area (Å²) >= 11 is 0. The molecule has 16 nitrogen and oxygen atoms in total. The van der Waals surface area contributed by atoms with Crippen molar-refractivity contribution in [2.45, 2.75) is 38.6 Å². The van der Waals surface area contributed by atoms with Crippen molar-refractivity contribution in [2.24, 2.45) is 27.4 Å². The van der Waals surface area contributed by atoms with Crippen LogP contribution < -0.4 is 22.0 Å². The Bertz CT molecular complexity index is 1330. The second-order valence-electron chi connectivity index (χ2n) is 12.4. The van der Waals surface area contributed by atoms with E-state index in [1.807, 2.05) is 30.3 Å². The number of carboxylic acid groups (broad SMARTS) is 1. The summed E-state index contributed by atoms with van der Waals surface area (Å²) in [7, 11) is 0. The summed E-state index contributed by atoms with van der Waals surface area (Å²) < 4.78 is 49.6. The normalized spacial score (nSPS) is 12.4. The van der Waals surface area contributed by atoms with Crippen LogP contribution in [-0.2, 0) is 55.5 Å². The summed E-state index contributed by atoms with van der Waals surface area (Å²) in [5, 5.41) is 12.8. The molecule has 0 amide bonds. The summed E-state index contributed by atoms with van der Waals surface area (Å²) in [5.41, 5.74) is 15.8. The Balaban J connectivity index is 1.40. The molecule has 0 aromatic heterocycles. The number of aliphatic carboxylic acids is 1. The zero-order chi connectivity index (χ0) is 40.3. The first-order valence-electron chi connectivity index (χ1n) is 19.4. The Hall–Kier alpha value is -3.55. The number of hydrogen-bond donors (Lipinski definition) is 4. The lowest BCUT2D eigenvalue weighted by Crippen LogP contribution is -2.32. The number of carboxylic acids is 1. The standard InChI is InChI=1S/C40H65N5O11/c1-2-34-30-37(9-10-38(34)35-7-5-33(6-8-35)29-39(42)40(46)47)56-13-4-3-12-44-31-36(45-43)32-55-28-27-54-26-25-53-24-23-52-22-21-51-20-19-50-18-17-49-16-15-48-14-11-41/h5-10,30-31,39H,2-4,11-29,32,41-43H2,1H3,(H,46,47)/b44-31?,45-36+/t39-/m0/s1. The number of nitrogens with zero attached hydrogens (tertiary/aromatic N) is 2. The molecule has 0 fully saturated rings. The predicted octanol–water partition coefficient (Wildman–Crippen LogP) is 2.51. The van der Waals surface area contributed by atoms with Gasteiger partial charge in [0.15, 0.2) is 0 Å². The Kier molecular flexibility index (Phi) is 29.1. The lowest BCUT2D eigenvalue weighted by Gasteiger charge is -2.13. The van der Waals surface area contributed by atoms with E-state index in [-0.39, 0.29) is 6.61 Å². The van der Waals surface area contributed by atoms with Gasteiger partial charge in [0.2, 0.25) is 0 Å². The maximum atomic E-state index is 11.1. The van der Waals surface area contributed by atoms with Crippen LogP contribution in [0.4, 0.5) is 0 Å². The molecule has 0 bridgehead atoms. The van der Waals surface area contributed by atoms with Gasteiger partial charge in [-0.3, -0.25) is 9.79 Å². The van der Waals surface area contributed by atoms with Gasteiger partial charge in [0, 0.05) is 19.3 Å². The minimum Gasteiger partial charge on any atom is -0.494 e. The van der Waals surface area contributed by atoms with Gasteiger partial charge in [0.1, 0.15) is 17.5 Å². The third-order valence-corrected chi connectivity index (χ3v) is 7.97. The van der Waals surface area contributed by atoms with Gasteiger partial charge < -0.3 is 65.0 Å². The average molecular weight is 792 g/mol. The molecule has 0 saturated heterocycles. The molecule has 7 N–H and O–H groups in total. The zero-order valence-electron chi connectivity index (χ0n) is 33.1. The molecule has 0 aliphatic carbocycles. The molecule has 0 radical (unpaired) electrons. The molecule has 0 aliphatic rings. The van der Waals surface area contributed by atoms with E-state index in [0.29, 0.717) is 131 Å². The summed E-state index contributed by atoms with van der Waals surface area (Å²) in [6, 6.07) is 13.1. The SMILES string of the molecule is CCc1cc(OCCCCN=C/C(COCCOCCOCCOCCOCCOCCOCCOCCN)=N\N)ccc1-c1ccc(C[C@H](N)C(=O)O)cc1. The number of unbranched alkanes of at least 4 members (excludes halogenated alkanes) is 1. The third kappa shape index (κ3) is 24.2. The van der Waals surface area contributed by atoms with Crippen molar-refractivity contribution in [1.82, 2.24) is 0 Å². The number of aliphatic imine (C=N–C) groups is 1. The summed E-state index contributed by atoms with van der Waals surface area (Å²) in [6.07, 6.45) is 4.48. The van der Waals surface area contributed by atoms with Gasteiger partial charge in [-0.25, -0.2) is 0 Å². The molecular weight excluding hydrogens is 726 g/mol. The minimum atomic E-state index is -1.00. The van der Waals surface area contributed by atoms with Crippen molar-refractivity contribution in [3.8, 4) is 16.9 Å². The first kappa shape index (κ1) is 48.6. The molecule has 0 saturated carbocycles. The van der Waals surface area contributed by atoms with E-state index in [2.05, 4.69) is 29.2 Å². The van der Waals surface area contributed by atoms with Gasteiger partial charge >= 0.3 is 5.97 Å². The Morgan fingerprint density at radius 2 is 1.23 bits per heavy atom. The molecule has 2 aromatic carbocycles. The monoisotopic (exact) mass is 791 g/mol. The van der Waals surface area contributed by atoms with Crippen molar-refractivity contribution in [3.63, 3.8) is 0 Å². The Morgan fingerprint density at radius 1 is 0.714 bits per heavy atom. The van der Waals surface area contributed by atoms with Crippen molar-refractivity contribution < 1.29 is 52.5 Å². The fraction of sp³-hybridized carbons (Fsp3) is 0.625. The number of rotatable bonds is 37. The zero-order valence-corrected chi connectivity index (χ0v) is 33.1. The smallest absolute Gasteiger partial charge is 0.320 e. The molecule has 16 heteroatoms. The highest BCUT2D eigenvalue weighted by Gasteiger charge is 2.13. The number of carbonyl (C=O) groups is 1. The van der Waals surface area contributed by atoms with E-state index >= 15 is 0 Å². The summed E-state index contributed by atoms with van der Waals surface area (Å²) in [4.78, 5) is 15.5. The van der Waals surface area contributed by atoms with Crippen LogP contribution in [0.2, 0.25) is 0 Å². The molecule has 2 rings (SSSR count). The molecular formula is C40H65N5O11. The number of ether oxygens (including phenoxy) is 9. The van der Waals surface area contributed by atoms with Crippen LogP contribution in [0.5, 0.6) is 5.75 Å². The molecule has 2 aromatic rings. The quantitative estimate of drug-likeness (QED) is 0.0334. The number of hydrogen-bond acceptors (Lipinski definition) is 15. The van der Waals surface area contributed by atoms with Crippen LogP contribution in [-0.4, -0.2) is 154 Å². The molecule has 0 spiro atoms. The second-order valence-corrected chi connectivity index (χ2v) is 12.4. The Morgan fingerprint density at radius 3 is 1.71 bits per heavy atom. The van der Waals surface area contributed by atoms with Crippen molar-refractivity contribution >= 4 is 17.9 Å². The predicted molar refractivity (Wildman–Crippen MR) is 216 cm³/mol. The van der Waals surface area contributed by atoms with Gasteiger partial charge in [0.25, 0.3) is 0 Å². The largest absolute Gasteiger partial charge is 0.494 e. The minimum absolute atomic E-state index is 0.247. The van der Waals surface area contributed by atoms with Gasteiger partial charge in [-0.05, 0) is 60.1 Å². The van der Waals surface area contributed by atoms with Crippen LogP contribution in [0.25, 0.3) is 11.1 Å². The maximum absolute atomic E-state index is 11.1. The fourth-order valence-electron chi connectivity index (χ4n) is 4.97. The molecule has 316 valence electrons. The lowest BCUT2D eigenvalue weighted by molar-refractivity contribution is -0.138. The van der Waals surface area contributed by atoms with E-state index in [1.165, 1.54) is 5.56 Å². The number of aryl methyl sites for hydroxylation is 1. The van der Waals surface area contributed by atoms with Gasteiger partial charge in [-0.2, -0.15) is 5.10 Å². The molecule has 1 atom stereocenters. The summed E-state index contributed by atoms with van der Waals surface area (Å²) in [5.74, 6) is 5.32. The molecule has 0 aliphatic heterocycles. The molecule has 56 heavy (non-hydrogen) atoms. The Labute approximate surface area is 331 Å². The highest BCUT2D eigenvalue weighted by atomic mass is 16.6. The highest BCUT2D eigenvalue weighted by molar-refractivity contribution is 6.31. The van der Waals surface area contributed by atoms with Crippen LogP contribution in [0.15, 0.2) is 52.6 Å². The number of hydrazone groups is 1. The topological polar surface area (TPSA) is 223 Å². The third-order valence-electron chi connectivity index (χ3n) is 7.97. The first-order valence-corrected chi connectivity index (χ1v) is 19.4. The van der Waals surface area contributed by atoms with Crippen LogP contribution in [0.3, 0.4) is 0 Å². The van der Waals surface area contributed by atoms with E-state index in [9.17, 15) is 4.79 Å². The van der Waals surface area contributed by atoms with Crippen LogP contribution in [0.1, 0.15) is 30.9 Å². The van der Waals surface area contributed by atoms with E-state index in [1.54, 1.807) is 6.21 Å². The van der Waals surface area contributed by atoms with Gasteiger partial charge in [-0.15, -0.1) is 0 Å². The van der Waals surface area contributed by atoms with Crippen molar-refractivity contribution in [2.75, 3.05) is 125 Å². The number of benzene rings is 2. The second kappa shape index (κ2) is 33.6. The maximum Gasteiger partial charge on any atom is 0.320 e.